The molecule has 1 aliphatic heterocycles. The van der Waals surface area contributed by atoms with E-state index in [-0.39, 0.29) is 12.1 Å². The van der Waals surface area contributed by atoms with Crippen LogP contribution in [-0.4, -0.2) is 10.1 Å². The normalized spacial score (nSPS) is 18.4. The molecule has 4 aromatic rings. The van der Waals surface area contributed by atoms with Crippen molar-refractivity contribution in [1.82, 2.24) is 10.3 Å². The fraction of sp³-hybridized carbons (Fsp3) is 0.120. The Hall–Kier alpha value is -3.44. The highest BCUT2D eigenvalue weighted by molar-refractivity contribution is 7.80. The number of hydrogen-bond donors (Lipinski definition) is 1. The van der Waals surface area contributed by atoms with Crippen molar-refractivity contribution in [2.45, 2.75) is 19.0 Å². The Kier molecular flexibility index (Phi) is 4.81. The van der Waals surface area contributed by atoms with Gasteiger partial charge in [-0.05, 0) is 55.5 Å². The van der Waals surface area contributed by atoms with E-state index in [0.717, 1.165) is 28.5 Å². The maximum atomic E-state index is 6.36. The van der Waals surface area contributed by atoms with Crippen molar-refractivity contribution < 1.29 is 4.42 Å². The smallest absolute Gasteiger partial charge is 0.174 e. The summed E-state index contributed by atoms with van der Waals surface area (Å²) in [4.78, 5) is 6.71. The summed E-state index contributed by atoms with van der Waals surface area (Å²) in [6.07, 6.45) is 1.81. The van der Waals surface area contributed by atoms with Crippen LogP contribution in [0.2, 0.25) is 0 Å². The summed E-state index contributed by atoms with van der Waals surface area (Å²) in [6.45, 7) is 2.08. The standard InChI is InChI=1S/C25H21N3OS/c1-17-10-12-19(13-11-17)28-24(23(27-25(28)30)20-9-5-6-16-26-20)22-15-14-21(29-22)18-7-3-2-4-8-18/h2-16,23-24H,1H3,(H,27,30)/t23-,24+/m1/s1. The molecule has 2 aromatic carbocycles. The van der Waals surface area contributed by atoms with E-state index >= 15 is 0 Å². The van der Waals surface area contributed by atoms with Crippen LogP contribution in [0, 0.1) is 6.92 Å². The molecule has 5 rings (SSSR count). The van der Waals surface area contributed by atoms with Crippen molar-refractivity contribution in [3.63, 3.8) is 0 Å². The van der Waals surface area contributed by atoms with Crippen LogP contribution in [0.15, 0.2) is 95.5 Å². The number of thiocarbonyl (C=S) groups is 1. The molecule has 0 aliphatic carbocycles. The quantitative estimate of drug-likeness (QED) is 0.428. The van der Waals surface area contributed by atoms with Crippen LogP contribution in [0.4, 0.5) is 5.69 Å². The zero-order valence-corrected chi connectivity index (χ0v) is 17.3. The van der Waals surface area contributed by atoms with Gasteiger partial charge in [-0.2, -0.15) is 0 Å². The molecule has 148 valence electrons. The van der Waals surface area contributed by atoms with E-state index in [4.69, 9.17) is 16.6 Å². The number of aryl methyl sites for hydroxylation is 1. The van der Waals surface area contributed by atoms with E-state index in [1.807, 2.05) is 66.9 Å². The third-order valence-corrected chi connectivity index (χ3v) is 5.70. The Morgan fingerprint density at radius 2 is 1.67 bits per heavy atom. The fourth-order valence-corrected chi connectivity index (χ4v) is 4.24. The van der Waals surface area contributed by atoms with Gasteiger partial charge in [0.2, 0.25) is 0 Å². The molecule has 0 unspecified atom stereocenters. The van der Waals surface area contributed by atoms with Gasteiger partial charge in [-0.1, -0.05) is 54.1 Å². The Morgan fingerprint density at radius 3 is 2.40 bits per heavy atom. The van der Waals surface area contributed by atoms with E-state index < -0.39 is 0 Å². The second-order valence-electron chi connectivity index (χ2n) is 7.40. The number of benzene rings is 2. The lowest BCUT2D eigenvalue weighted by molar-refractivity contribution is 0.439. The monoisotopic (exact) mass is 411 g/mol. The van der Waals surface area contributed by atoms with Gasteiger partial charge >= 0.3 is 0 Å². The van der Waals surface area contributed by atoms with Gasteiger partial charge in [-0.15, -0.1) is 0 Å². The molecule has 2 atom stereocenters. The van der Waals surface area contributed by atoms with Gasteiger partial charge in [0.1, 0.15) is 17.6 Å². The first-order chi connectivity index (χ1) is 14.7. The van der Waals surface area contributed by atoms with Crippen LogP contribution in [-0.2, 0) is 0 Å². The van der Waals surface area contributed by atoms with E-state index in [9.17, 15) is 0 Å². The molecule has 1 fully saturated rings. The largest absolute Gasteiger partial charge is 0.459 e. The van der Waals surface area contributed by atoms with E-state index in [1.165, 1.54) is 5.56 Å². The highest BCUT2D eigenvalue weighted by atomic mass is 32.1. The Morgan fingerprint density at radius 1 is 0.900 bits per heavy atom. The summed E-state index contributed by atoms with van der Waals surface area (Å²) >= 11 is 5.76. The predicted octanol–water partition coefficient (Wildman–Crippen LogP) is 5.83. The molecule has 1 saturated heterocycles. The van der Waals surface area contributed by atoms with E-state index in [1.54, 1.807) is 0 Å². The first kappa shape index (κ1) is 18.6. The molecule has 0 bridgehead atoms. The summed E-state index contributed by atoms with van der Waals surface area (Å²) in [5, 5.41) is 4.13. The van der Waals surface area contributed by atoms with Crippen LogP contribution in [0.3, 0.4) is 0 Å². The highest BCUT2D eigenvalue weighted by Gasteiger charge is 2.42. The predicted molar refractivity (Wildman–Crippen MR) is 123 cm³/mol. The third-order valence-electron chi connectivity index (χ3n) is 5.39. The molecule has 1 N–H and O–H groups in total. The lowest BCUT2D eigenvalue weighted by Gasteiger charge is -2.26. The zero-order chi connectivity index (χ0) is 20.5. The molecular weight excluding hydrogens is 390 g/mol. The van der Waals surface area contributed by atoms with Gasteiger partial charge < -0.3 is 14.6 Å². The van der Waals surface area contributed by atoms with Crippen molar-refractivity contribution in [3.8, 4) is 11.3 Å². The minimum atomic E-state index is -0.146. The average molecular weight is 412 g/mol. The fourth-order valence-electron chi connectivity index (χ4n) is 3.90. The minimum Gasteiger partial charge on any atom is -0.459 e. The molecular formula is C25H21N3OS. The van der Waals surface area contributed by atoms with Crippen molar-refractivity contribution in [1.29, 1.82) is 0 Å². The number of rotatable bonds is 4. The molecule has 30 heavy (non-hydrogen) atoms. The van der Waals surface area contributed by atoms with E-state index in [0.29, 0.717) is 5.11 Å². The first-order valence-corrected chi connectivity index (χ1v) is 10.3. The molecule has 5 heteroatoms. The van der Waals surface area contributed by atoms with Crippen LogP contribution in [0.25, 0.3) is 11.3 Å². The number of anilines is 1. The third kappa shape index (κ3) is 3.37. The topological polar surface area (TPSA) is 41.3 Å². The van der Waals surface area contributed by atoms with Gasteiger partial charge in [0.15, 0.2) is 5.11 Å². The second-order valence-corrected chi connectivity index (χ2v) is 7.79. The number of nitrogens with one attached hydrogen (secondary N) is 1. The van der Waals surface area contributed by atoms with Crippen LogP contribution in [0.1, 0.15) is 29.1 Å². The maximum absolute atomic E-state index is 6.36. The Balaban J connectivity index is 1.60. The average Bonchev–Trinajstić information content (AvgIpc) is 3.40. The SMILES string of the molecule is Cc1ccc(N2C(=S)N[C@H](c3ccccn3)[C@@H]2c2ccc(-c3ccccc3)o2)cc1. The van der Waals surface area contributed by atoms with E-state index in [2.05, 4.69) is 46.4 Å². The number of furan rings is 1. The molecule has 0 amide bonds. The molecule has 1 aliphatic rings. The Labute approximate surface area is 181 Å². The van der Waals surface area contributed by atoms with Crippen molar-refractivity contribution in [2.75, 3.05) is 4.90 Å². The molecule has 4 nitrogen and oxygen atoms in total. The van der Waals surface area contributed by atoms with Gasteiger partial charge in [0.05, 0.1) is 11.7 Å². The lowest BCUT2D eigenvalue weighted by atomic mass is 10.0. The van der Waals surface area contributed by atoms with Crippen molar-refractivity contribution in [2.24, 2.45) is 0 Å². The molecule has 0 spiro atoms. The number of pyridine rings is 1. The molecule has 0 saturated carbocycles. The summed E-state index contributed by atoms with van der Waals surface area (Å²) in [7, 11) is 0. The van der Waals surface area contributed by atoms with Crippen LogP contribution >= 0.6 is 12.2 Å². The van der Waals surface area contributed by atoms with Gasteiger partial charge in [0.25, 0.3) is 0 Å². The number of aromatic nitrogens is 1. The maximum Gasteiger partial charge on any atom is 0.174 e. The van der Waals surface area contributed by atoms with Gasteiger partial charge in [-0.25, -0.2) is 0 Å². The molecule has 2 aromatic heterocycles. The highest BCUT2D eigenvalue weighted by Crippen LogP contribution is 2.42. The zero-order valence-electron chi connectivity index (χ0n) is 16.5. The minimum absolute atomic E-state index is 0.116. The van der Waals surface area contributed by atoms with Gasteiger partial charge in [0, 0.05) is 17.4 Å². The Bertz CT molecular complexity index is 1160. The van der Waals surface area contributed by atoms with Crippen molar-refractivity contribution >= 4 is 23.0 Å². The molecule has 3 heterocycles. The van der Waals surface area contributed by atoms with Crippen LogP contribution in [0.5, 0.6) is 0 Å². The van der Waals surface area contributed by atoms with Gasteiger partial charge in [-0.3, -0.25) is 4.98 Å². The summed E-state index contributed by atoms with van der Waals surface area (Å²) in [5.41, 5.74) is 4.21. The van der Waals surface area contributed by atoms with Crippen LogP contribution < -0.4 is 10.2 Å². The first-order valence-electron chi connectivity index (χ1n) is 9.93. The summed E-state index contributed by atoms with van der Waals surface area (Å²) in [5.74, 6) is 1.68. The summed E-state index contributed by atoms with van der Waals surface area (Å²) < 4.78 is 6.36. The second kappa shape index (κ2) is 7.76. The lowest BCUT2D eigenvalue weighted by Crippen LogP contribution is -2.29. The number of nitrogens with zero attached hydrogens (tertiary/aromatic N) is 2. The molecule has 0 radical (unpaired) electrons. The summed E-state index contributed by atoms with van der Waals surface area (Å²) in [6, 6.07) is 28.3. The van der Waals surface area contributed by atoms with Crippen molar-refractivity contribution in [3.05, 3.63) is 108 Å². The number of hydrogen-bond acceptors (Lipinski definition) is 3.